The lowest BCUT2D eigenvalue weighted by molar-refractivity contribution is -0.135. The van der Waals surface area contributed by atoms with Crippen LogP contribution in [-0.2, 0) is 9.53 Å². The highest BCUT2D eigenvalue weighted by molar-refractivity contribution is 5.81. The maximum atomic E-state index is 12.1. The Morgan fingerprint density at radius 1 is 1.38 bits per heavy atom. The summed E-state index contributed by atoms with van der Waals surface area (Å²) in [6.45, 7) is 2.79. The Hall–Kier alpha value is -1.79. The molecule has 116 valence electrons. The van der Waals surface area contributed by atoms with Crippen molar-refractivity contribution in [2.24, 2.45) is 0 Å². The van der Waals surface area contributed by atoms with E-state index in [1.807, 2.05) is 24.3 Å². The first-order valence-corrected chi connectivity index (χ1v) is 7.03. The number of nitrogens with one attached hydrogen (secondary N) is 1. The minimum absolute atomic E-state index is 0.0352. The van der Waals surface area contributed by atoms with Crippen LogP contribution in [-0.4, -0.2) is 63.9 Å². The fourth-order valence-electron chi connectivity index (χ4n) is 2.07. The van der Waals surface area contributed by atoms with Crippen molar-refractivity contribution in [3.8, 4) is 11.5 Å². The molecule has 1 heterocycles. The largest absolute Gasteiger partial charge is 0.497 e. The van der Waals surface area contributed by atoms with Gasteiger partial charge < -0.3 is 24.4 Å². The number of hydrogen-bond acceptors (Lipinski definition) is 5. The summed E-state index contributed by atoms with van der Waals surface area (Å²) in [6, 6.07) is 7.12. The first kappa shape index (κ1) is 15.6. The van der Waals surface area contributed by atoms with Gasteiger partial charge in [-0.05, 0) is 24.3 Å². The molecule has 1 unspecified atom stereocenters. The highest BCUT2D eigenvalue weighted by Crippen LogP contribution is 2.16. The highest BCUT2D eigenvalue weighted by atomic mass is 16.5. The Kier molecular flexibility index (Phi) is 5.83. The summed E-state index contributed by atoms with van der Waals surface area (Å²) in [6.07, 6.45) is 0. The molecule has 1 N–H and O–H groups in total. The molecule has 0 radical (unpaired) electrons. The summed E-state index contributed by atoms with van der Waals surface area (Å²) < 4.78 is 16.0. The van der Waals surface area contributed by atoms with Gasteiger partial charge in [0.05, 0.1) is 26.9 Å². The maximum Gasteiger partial charge on any atom is 0.241 e. The number of likely N-dealkylation sites (N-methyl/N-ethyl adjacent to an activating group) is 1. The van der Waals surface area contributed by atoms with Crippen LogP contribution in [0, 0.1) is 0 Å². The first-order chi connectivity index (χ1) is 10.2. The molecule has 0 bridgehead atoms. The molecule has 1 aliphatic heterocycles. The van der Waals surface area contributed by atoms with Crippen LogP contribution in [0.2, 0.25) is 0 Å². The third-order valence-electron chi connectivity index (χ3n) is 3.35. The third kappa shape index (κ3) is 4.61. The fraction of sp³-hybridized carbons (Fsp3) is 0.533. The van der Waals surface area contributed by atoms with Gasteiger partial charge in [-0.2, -0.15) is 0 Å². The van der Waals surface area contributed by atoms with E-state index in [0.29, 0.717) is 32.9 Å². The van der Waals surface area contributed by atoms with Crippen molar-refractivity contribution in [3.05, 3.63) is 24.3 Å². The van der Waals surface area contributed by atoms with Gasteiger partial charge in [0.1, 0.15) is 24.1 Å². The topological polar surface area (TPSA) is 60.0 Å². The van der Waals surface area contributed by atoms with Crippen LogP contribution in [0.3, 0.4) is 0 Å². The summed E-state index contributed by atoms with van der Waals surface area (Å²) in [5.41, 5.74) is 0. The van der Waals surface area contributed by atoms with Crippen molar-refractivity contribution in [1.29, 1.82) is 0 Å². The normalized spacial score (nSPS) is 18.1. The molecule has 21 heavy (non-hydrogen) atoms. The predicted molar refractivity (Wildman–Crippen MR) is 78.7 cm³/mol. The van der Waals surface area contributed by atoms with Crippen LogP contribution in [0.25, 0.3) is 0 Å². The minimum Gasteiger partial charge on any atom is -0.497 e. The number of methoxy groups -OCH3 is 1. The molecular formula is C15H22N2O4. The highest BCUT2D eigenvalue weighted by Gasteiger charge is 2.23. The van der Waals surface area contributed by atoms with E-state index in [1.165, 1.54) is 0 Å². The van der Waals surface area contributed by atoms with E-state index >= 15 is 0 Å². The third-order valence-corrected chi connectivity index (χ3v) is 3.35. The number of rotatable bonds is 6. The summed E-state index contributed by atoms with van der Waals surface area (Å²) in [7, 11) is 3.40. The standard InChI is InChI=1S/C15H22N2O4/c1-17(15(18)14-11-20-9-7-16-14)8-10-21-13-5-3-12(19-2)4-6-13/h3-6,14,16H,7-11H2,1-2H3. The Labute approximate surface area is 125 Å². The van der Waals surface area contributed by atoms with Crippen molar-refractivity contribution in [1.82, 2.24) is 10.2 Å². The molecule has 1 atom stereocenters. The number of carbonyl (C=O) groups excluding carboxylic acids is 1. The smallest absolute Gasteiger partial charge is 0.241 e. The van der Waals surface area contributed by atoms with Crippen molar-refractivity contribution >= 4 is 5.91 Å². The molecule has 1 aromatic rings. The van der Waals surface area contributed by atoms with E-state index in [1.54, 1.807) is 19.1 Å². The number of hydrogen-bond donors (Lipinski definition) is 1. The van der Waals surface area contributed by atoms with Gasteiger partial charge >= 0.3 is 0 Å². The Morgan fingerprint density at radius 3 is 2.71 bits per heavy atom. The SMILES string of the molecule is COc1ccc(OCCN(C)C(=O)C2COCCN2)cc1. The lowest BCUT2D eigenvalue weighted by Gasteiger charge is -2.27. The number of amides is 1. The lowest BCUT2D eigenvalue weighted by atomic mass is 10.2. The summed E-state index contributed by atoms with van der Waals surface area (Å²) in [5.74, 6) is 1.59. The molecule has 2 rings (SSSR count). The molecule has 0 aliphatic carbocycles. The monoisotopic (exact) mass is 294 g/mol. The second-order valence-electron chi connectivity index (χ2n) is 4.87. The summed E-state index contributed by atoms with van der Waals surface area (Å²) >= 11 is 0. The number of ether oxygens (including phenoxy) is 3. The molecule has 1 aliphatic rings. The Morgan fingerprint density at radius 2 is 2.10 bits per heavy atom. The van der Waals surface area contributed by atoms with E-state index in [0.717, 1.165) is 11.5 Å². The molecule has 1 fully saturated rings. The second-order valence-corrected chi connectivity index (χ2v) is 4.87. The first-order valence-electron chi connectivity index (χ1n) is 7.03. The van der Waals surface area contributed by atoms with Gasteiger partial charge in [0.25, 0.3) is 0 Å². The van der Waals surface area contributed by atoms with E-state index in [9.17, 15) is 4.79 Å². The molecule has 1 amide bonds. The van der Waals surface area contributed by atoms with E-state index in [-0.39, 0.29) is 11.9 Å². The zero-order valence-electron chi connectivity index (χ0n) is 12.5. The maximum absolute atomic E-state index is 12.1. The van der Waals surface area contributed by atoms with Gasteiger partial charge in [0.2, 0.25) is 5.91 Å². The van der Waals surface area contributed by atoms with E-state index in [4.69, 9.17) is 14.2 Å². The van der Waals surface area contributed by atoms with Gasteiger partial charge in [-0.25, -0.2) is 0 Å². The minimum atomic E-state index is -0.246. The van der Waals surface area contributed by atoms with Crippen molar-refractivity contribution in [2.45, 2.75) is 6.04 Å². The van der Waals surface area contributed by atoms with Gasteiger partial charge in [-0.15, -0.1) is 0 Å². The van der Waals surface area contributed by atoms with Crippen molar-refractivity contribution in [2.75, 3.05) is 47.1 Å². The van der Waals surface area contributed by atoms with Crippen LogP contribution in [0.5, 0.6) is 11.5 Å². The van der Waals surface area contributed by atoms with E-state index in [2.05, 4.69) is 5.32 Å². The molecule has 1 aromatic carbocycles. The quantitative estimate of drug-likeness (QED) is 0.829. The van der Waals surface area contributed by atoms with Crippen LogP contribution >= 0.6 is 0 Å². The predicted octanol–water partition coefficient (Wildman–Crippen LogP) is 0.521. The van der Waals surface area contributed by atoms with Crippen LogP contribution in [0.15, 0.2) is 24.3 Å². The number of morpholine rings is 1. The average Bonchev–Trinajstić information content (AvgIpc) is 2.55. The molecule has 0 spiro atoms. The molecule has 6 heteroatoms. The fourth-order valence-corrected chi connectivity index (χ4v) is 2.07. The summed E-state index contributed by atoms with van der Waals surface area (Å²) in [4.78, 5) is 13.8. The average molecular weight is 294 g/mol. The molecule has 6 nitrogen and oxygen atoms in total. The zero-order chi connectivity index (χ0) is 15.1. The van der Waals surface area contributed by atoms with Crippen molar-refractivity contribution in [3.63, 3.8) is 0 Å². The summed E-state index contributed by atoms with van der Waals surface area (Å²) in [5, 5.41) is 3.15. The number of benzene rings is 1. The number of nitrogens with zero attached hydrogens (tertiary/aromatic N) is 1. The lowest BCUT2D eigenvalue weighted by Crippen LogP contribution is -2.52. The van der Waals surface area contributed by atoms with Gasteiger partial charge in [0.15, 0.2) is 0 Å². The number of carbonyl (C=O) groups is 1. The van der Waals surface area contributed by atoms with Gasteiger partial charge in [-0.3, -0.25) is 4.79 Å². The molecular weight excluding hydrogens is 272 g/mol. The van der Waals surface area contributed by atoms with E-state index < -0.39 is 0 Å². The van der Waals surface area contributed by atoms with Crippen molar-refractivity contribution < 1.29 is 19.0 Å². The Balaban J connectivity index is 1.72. The van der Waals surface area contributed by atoms with Gasteiger partial charge in [0, 0.05) is 13.6 Å². The van der Waals surface area contributed by atoms with Crippen LogP contribution in [0.4, 0.5) is 0 Å². The molecule has 1 saturated heterocycles. The van der Waals surface area contributed by atoms with Crippen LogP contribution < -0.4 is 14.8 Å². The molecule has 0 aromatic heterocycles. The molecule has 0 saturated carbocycles. The second kappa shape index (κ2) is 7.85. The zero-order valence-corrected chi connectivity index (χ0v) is 12.5. The van der Waals surface area contributed by atoms with Gasteiger partial charge in [-0.1, -0.05) is 0 Å². The Bertz CT molecular complexity index is 443. The van der Waals surface area contributed by atoms with Crippen LogP contribution in [0.1, 0.15) is 0 Å².